The number of nitriles is 1. The molecular formula is C21H23N3O3S. The van der Waals surface area contributed by atoms with E-state index in [9.17, 15) is 14.9 Å². The first kappa shape index (κ1) is 20.0. The molecule has 1 N–H and O–H groups in total. The second-order valence-corrected chi connectivity index (χ2v) is 7.83. The van der Waals surface area contributed by atoms with Crippen LogP contribution in [0.1, 0.15) is 55.1 Å². The molecule has 146 valence electrons. The molecule has 1 heterocycles. The molecule has 28 heavy (non-hydrogen) atoms. The first-order chi connectivity index (χ1) is 13.5. The molecular weight excluding hydrogens is 374 g/mol. The lowest BCUT2D eigenvalue weighted by Crippen LogP contribution is -2.50. The van der Waals surface area contributed by atoms with Gasteiger partial charge < -0.3 is 10.1 Å². The molecule has 3 rings (SSSR count). The molecule has 1 amide bonds. The van der Waals surface area contributed by atoms with Crippen molar-refractivity contribution in [2.24, 2.45) is 0 Å². The SMILES string of the molecule is CCc1ccc(-c2nc(C(=O)OCC(=O)NC3(C#N)CCCCC3)cs2)cc1. The second-order valence-electron chi connectivity index (χ2n) is 6.97. The van der Waals surface area contributed by atoms with Crippen LogP contribution in [0.3, 0.4) is 0 Å². The lowest BCUT2D eigenvalue weighted by molar-refractivity contribution is -0.125. The summed E-state index contributed by atoms with van der Waals surface area (Å²) >= 11 is 1.35. The highest BCUT2D eigenvalue weighted by atomic mass is 32.1. The maximum atomic E-state index is 12.2. The minimum absolute atomic E-state index is 0.181. The first-order valence-electron chi connectivity index (χ1n) is 9.49. The van der Waals surface area contributed by atoms with Crippen molar-refractivity contribution in [2.75, 3.05) is 6.61 Å². The molecule has 0 radical (unpaired) electrons. The highest BCUT2D eigenvalue weighted by Crippen LogP contribution is 2.27. The van der Waals surface area contributed by atoms with Gasteiger partial charge in [-0.2, -0.15) is 5.26 Å². The Hall–Kier alpha value is -2.72. The maximum Gasteiger partial charge on any atom is 0.358 e. The van der Waals surface area contributed by atoms with E-state index >= 15 is 0 Å². The van der Waals surface area contributed by atoms with Crippen molar-refractivity contribution in [3.8, 4) is 16.6 Å². The van der Waals surface area contributed by atoms with Gasteiger partial charge in [-0.15, -0.1) is 11.3 Å². The van der Waals surface area contributed by atoms with E-state index in [0.29, 0.717) is 12.8 Å². The Balaban J connectivity index is 1.55. The maximum absolute atomic E-state index is 12.2. The van der Waals surface area contributed by atoms with E-state index in [-0.39, 0.29) is 5.69 Å². The van der Waals surface area contributed by atoms with Gasteiger partial charge in [0.25, 0.3) is 5.91 Å². The average molecular weight is 398 g/mol. The summed E-state index contributed by atoms with van der Waals surface area (Å²) in [5, 5.41) is 14.5. The molecule has 2 aromatic rings. The number of nitrogens with zero attached hydrogens (tertiary/aromatic N) is 2. The van der Waals surface area contributed by atoms with Crippen molar-refractivity contribution in [1.29, 1.82) is 5.26 Å². The summed E-state index contributed by atoms with van der Waals surface area (Å²) in [6.45, 7) is 1.68. The summed E-state index contributed by atoms with van der Waals surface area (Å²) in [4.78, 5) is 28.7. The highest BCUT2D eigenvalue weighted by Gasteiger charge is 2.33. The number of hydrogen-bond acceptors (Lipinski definition) is 6. The van der Waals surface area contributed by atoms with Crippen LogP contribution in [0.5, 0.6) is 0 Å². The van der Waals surface area contributed by atoms with E-state index in [4.69, 9.17) is 4.74 Å². The molecule has 0 bridgehead atoms. The zero-order valence-corrected chi connectivity index (χ0v) is 16.7. The van der Waals surface area contributed by atoms with E-state index in [2.05, 4.69) is 23.3 Å². The summed E-state index contributed by atoms with van der Waals surface area (Å²) in [5.41, 5.74) is 1.52. The minimum atomic E-state index is -0.833. The van der Waals surface area contributed by atoms with Crippen LogP contribution in [0.25, 0.3) is 10.6 Å². The molecule has 0 unspecified atom stereocenters. The summed E-state index contributed by atoms with van der Waals surface area (Å²) < 4.78 is 5.09. The van der Waals surface area contributed by atoms with Gasteiger partial charge in [-0.3, -0.25) is 4.79 Å². The lowest BCUT2D eigenvalue weighted by Gasteiger charge is -2.31. The Kier molecular flexibility index (Phi) is 6.42. The quantitative estimate of drug-likeness (QED) is 0.747. The monoisotopic (exact) mass is 397 g/mol. The van der Waals surface area contributed by atoms with Gasteiger partial charge in [-0.25, -0.2) is 9.78 Å². The van der Waals surface area contributed by atoms with Crippen molar-refractivity contribution in [1.82, 2.24) is 10.3 Å². The number of benzene rings is 1. The number of esters is 1. The summed E-state index contributed by atoms with van der Waals surface area (Å²) in [7, 11) is 0. The number of aromatic nitrogens is 1. The van der Waals surface area contributed by atoms with Crippen LogP contribution < -0.4 is 5.32 Å². The van der Waals surface area contributed by atoms with E-state index < -0.39 is 24.0 Å². The van der Waals surface area contributed by atoms with Crippen molar-refractivity contribution in [2.45, 2.75) is 51.0 Å². The van der Waals surface area contributed by atoms with Crippen LogP contribution in [0.15, 0.2) is 29.6 Å². The number of thiazole rings is 1. The molecule has 1 fully saturated rings. The predicted octanol–water partition coefficient (Wildman–Crippen LogP) is 3.87. The second kappa shape index (κ2) is 8.98. The number of carbonyl (C=O) groups excluding carboxylic acids is 2. The number of amides is 1. The molecule has 1 aromatic heterocycles. The van der Waals surface area contributed by atoms with E-state index in [1.54, 1.807) is 5.38 Å². The third-order valence-corrected chi connectivity index (χ3v) is 5.85. The molecule has 0 aliphatic heterocycles. The fraction of sp³-hybridized carbons (Fsp3) is 0.429. The van der Waals surface area contributed by atoms with Gasteiger partial charge in [0, 0.05) is 10.9 Å². The largest absolute Gasteiger partial charge is 0.451 e. The zero-order chi connectivity index (χ0) is 20.0. The third kappa shape index (κ3) is 4.76. The normalized spacial score (nSPS) is 15.4. The van der Waals surface area contributed by atoms with Crippen LogP contribution in [0.2, 0.25) is 0 Å². The smallest absolute Gasteiger partial charge is 0.358 e. The Bertz CT molecular complexity index is 877. The van der Waals surface area contributed by atoms with Crippen molar-refractivity contribution in [3.63, 3.8) is 0 Å². The molecule has 7 heteroatoms. The third-order valence-electron chi connectivity index (χ3n) is 4.96. The van der Waals surface area contributed by atoms with Crippen molar-refractivity contribution >= 4 is 23.2 Å². The Labute approximate surface area is 168 Å². The van der Waals surface area contributed by atoms with E-state index in [1.165, 1.54) is 16.9 Å². The van der Waals surface area contributed by atoms with E-state index in [0.717, 1.165) is 36.3 Å². The average Bonchev–Trinajstić information content (AvgIpc) is 3.23. The minimum Gasteiger partial charge on any atom is -0.451 e. The summed E-state index contributed by atoms with van der Waals surface area (Å²) in [6.07, 6.45) is 5.13. The van der Waals surface area contributed by atoms with Crippen molar-refractivity contribution < 1.29 is 14.3 Å². The number of nitrogens with one attached hydrogen (secondary N) is 1. The van der Waals surface area contributed by atoms with Gasteiger partial charge in [-0.1, -0.05) is 50.5 Å². The summed E-state index contributed by atoms with van der Waals surface area (Å²) in [5.74, 6) is -1.10. The molecule has 0 atom stereocenters. The van der Waals surface area contributed by atoms with Gasteiger partial charge >= 0.3 is 5.97 Å². The van der Waals surface area contributed by atoms with Gasteiger partial charge in [0.2, 0.25) is 0 Å². The van der Waals surface area contributed by atoms with E-state index in [1.807, 2.05) is 24.3 Å². The fourth-order valence-corrected chi connectivity index (χ4v) is 4.11. The Morgan fingerprint density at radius 1 is 1.25 bits per heavy atom. The fourth-order valence-electron chi connectivity index (χ4n) is 3.31. The van der Waals surface area contributed by atoms with Crippen molar-refractivity contribution in [3.05, 3.63) is 40.9 Å². The van der Waals surface area contributed by atoms with Gasteiger partial charge in [-0.05, 0) is 24.8 Å². The zero-order valence-electron chi connectivity index (χ0n) is 15.9. The Morgan fingerprint density at radius 2 is 1.96 bits per heavy atom. The summed E-state index contributed by atoms with van der Waals surface area (Å²) in [6, 6.07) is 10.2. The van der Waals surface area contributed by atoms with Crippen LogP contribution in [-0.4, -0.2) is 29.0 Å². The van der Waals surface area contributed by atoms with Gasteiger partial charge in [0.15, 0.2) is 12.3 Å². The molecule has 6 nitrogen and oxygen atoms in total. The first-order valence-corrected chi connectivity index (χ1v) is 10.4. The van der Waals surface area contributed by atoms with Gasteiger partial charge in [0.05, 0.1) is 6.07 Å². The number of aryl methyl sites for hydroxylation is 1. The number of carbonyl (C=O) groups is 2. The number of ether oxygens (including phenoxy) is 1. The van der Waals surface area contributed by atoms with Crippen LogP contribution in [-0.2, 0) is 16.0 Å². The van der Waals surface area contributed by atoms with Gasteiger partial charge in [0.1, 0.15) is 10.5 Å². The Morgan fingerprint density at radius 3 is 2.61 bits per heavy atom. The predicted molar refractivity (Wildman–Crippen MR) is 107 cm³/mol. The topological polar surface area (TPSA) is 92.1 Å². The molecule has 1 aromatic carbocycles. The number of rotatable bonds is 6. The van der Waals surface area contributed by atoms with Crippen LogP contribution in [0.4, 0.5) is 0 Å². The van der Waals surface area contributed by atoms with Crippen LogP contribution >= 0.6 is 11.3 Å². The highest BCUT2D eigenvalue weighted by molar-refractivity contribution is 7.13. The molecule has 0 spiro atoms. The molecule has 1 saturated carbocycles. The lowest BCUT2D eigenvalue weighted by atomic mass is 9.83. The van der Waals surface area contributed by atoms with Crippen LogP contribution in [0, 0.1) is 11.3 Å². The standard InChI is InChI=1S/C21H23N3O3S/c1-2-15-6-8-16(9-7-15)19-23-17(13-28-19)20(26)27-12-18(25)24-21(14-22)10-4-3-5-11-21/h6-9,13H,2-5,10-12H2,1H3,(H,24,25). The molecule has 1 aliphatic rings. The molecule has 0 saturated heterocycles. The molecule has 1 aliphatic carbocycles. The number of hydrogen-bond donors (Lipinski definition) is 1.